The topological polar surface area (TPSA) is 52.7 Å². The first-order valence-corrected chi connectivity index (χ1v) is 13.3. The summed E-state index contributed by atoms with van der Waals surface area (Å²) in [7, 11) is 1.75. The van der Waals surface area contributed by atoms with Crippen molar-refractivity contribution in [1.29, 1.82) is 0 Å². The molecule has 3 aromatic carbocycles. The molecule has 1 fully saturated rings. The zero-order chi connectivity index (χ0) is 25.1. The normalized spacial score (nSPS) is 17.8. The number of nitrogens with one attached hydrogen (secondary N) is 1. The molecule has 184 valence electrons. The monoisotopic (exact) mass is 517 g/mol. The molecule has 5 rings (SSSR count). The molecule has 2 heterocycles. The molecular formula is C29H28ClN3O2S. The Bertz CT molecular complexity index is 1300. The van der Waals surface area contributed by atoms with E-state index in [-0.39, 0.29) is 17.9 Å². The van der Waals surface area contributed by atoms with Gasteiger partial charge in [-0.05, 0) is 60.4 Å². The first kappa shape index (κ1) is 24.6. The van der Waals surface area contributed by atoms with Crippen LogP contribution in [-0.2, 0) is 11.3 Å². The molecule has 2 aliphatic heterocycles. The van der Waals surface area contributed by atoms with E-state index < -0.39 is 0 Å². The Labute approximate surface area is 221 Å². The molecule has 0 unspecified atom stereocenters. The van der Waals surface area contributed by atoms with Gasteiger partial charge >= 0.3 is 0 Å². The molecule has 0 aromatic heterocycles. The van der Waals surface area contributed by atoms with Crippen LogP contribution in [0.2, 0.25) is 5.02 Å². The number of halogens is 1. The Hall–Kier alpha value is -3.06. The molecule has 0 saturated carbocycles. The van der Waals surface area contributed by atoms with Crippen molar-refractivity contribution in [1.82, 2.24) is 10.2 Å². The molecule has 2 amide bonds. The minimum absolute atomic E-state index is 0.0922. The molecule has 0 aliphatic carbocycles. The Balaban J connectivity index is 1.22. The summed E-state index contributed by atoms with van der Waals surface area (Å²) in [4.78, 5) is 31.7. The van der Waals surface area contributed by atoms with Gasteiger partial charge in [-0.25, -0.2) is 0 Å². The lowest BCUT2D eigenvalue weighted by Crippen LogP contribution is -2.44. The minimum Gasteiger partial charge on any atom is -0.349 e. The number of nitrogens with zero attached hydrogens (tertiary/aromatic N) is 2. The number of likely N-dealkylation sites (tertiary alicyclic amines) is 1. The van der Waals surface area contributed by atoms with Crippen LogP contribution in [0.1, 0.15) is 34.3 Å². The lowest BCUT2D eigenvalue weighted by atomic mass is 10.0. The van der Waals surface area contributed by atoms with Crippen LogP contribution in [0.4, 0.5) is 5.69 Å². The number of rotatable bonds is 5. The number of likely N-dealkylation sites (N-methyl/N-ethyl adjacent to an activating group) is 1. The van der Waals surface area contributed by atoms with E-state index in [2.05, 4.69) is 34.5 Å². The molecule has 7 heteroatoms. The van der Waals surface area contributed by atoms with Gasteiger partial charge in [0.05, 0.1) is 10.6 Å². The van der Waals surface area contributed by atoms with Crippen molar-refractivity contribution in [2.75, 3.05) is 25.0 Å². The van der Waals surface area contributed by atoms with Crippen molar-refractivity contribution < 1.29 is 9.59 Å². The van der Waals surface area contributed by atoms with Gasteiger partial charge in [-0.15, -0.1) is 0 Å². The fraction of sp³-hybridized carbons (Fsp3) is 0.241. The molecule has 3 aromatic rings. The quantitative estimate of drug-likeness (QED) is 0.432. The van der Waals surface area contributed by atoms with Gasteiger partial charge in [0.15, 0.2) is 0 Å². The number of piperidine rings is 1. The van der Waals surface area contributed by atoms with Gasteiger partial charge in [-0.2, -0.15) is 0 Å². The van der Waals surface area contributed by atoms with Crippen LogP contribution in [0.15, 0.2) is 82.6 Å². The smallest absolute Gasteiger partial charge is 0.264 e. The van der Waals surface area contributed by atoms with Crippen molar-refractivity contribution in [3.05, 3.63) is 99.4 Å². The van der Waals surface area contributed by atoms with E-state index in [1.54, 1.807) is 11.9 Å². The average molecular weight is 518 g/mol. The summed E-state index contributed by atoms with van der Waals surface area (Å²) >= 11 is 7.51. The molecule has 0 atom stereocenters. The molecule has 36 heavy (non-hydrogen) atoms. The third-order valence-corrected chi connectivity index (χ3v) is 7.95. The Morgan fingerprint density at radius 3 is 2.58 bits per heavy atom. The summed E-state index contributed by atoms with van der Waals surface area (Å²) in [6.45, 7) is 2.86. The van der Waals surface area contributed by atoms with E-state index >= 15 is 0 Å². The maximum absolute atomic E-state index is 13.0. The van der Waals surface area contributed by atoms with Crippen LogP contribution in [0, 0.1) is 0 Å². The molecule has 1 N–H and O–H groups in total. The first-order valence-electron chi connectivity index (χ1n) is 12.1. The van der Waals surface area contributed by atoms with Gasteiger partial charge in [0, 0.05) is 48.2 Å². The largest absolute Gasteiger partial charge is 0.349 e. The van der Waals surface area contributed by atoms with Crippen molar-refractivity contribution in [3.8, 4) is 0 Å². The predicted octanol–water partition coefficient (Wildman–Crippen LogP) is 5.84. The summed E-state index contributed by atoms with van der Waals surface area (Å²) in [6, 6.07) is 23.6. The van der Waals surface area contributed by atoms with Gasteiger partial charge in [-0.3, -0.25) is 14.5 Å². The van der Waals surface area contributed by atoms with Crippen LogP contribution in [0.3, 0.4) is 0 Å². The van der Waals surface area contributed by atoms with Crippen molar-refractivity contribution in [3.63, 3.8) is 0 Å². The molecule has 5 nitrogen and oxygen atoms in total. The maximum Gasteiger partial charge on any atom is 0.264 e. The van der Waals surface area contributed by atoms with Crippen molar-refractivity contribution >= 4 is 46.9 Å². The highest BCUT2D eigenvalue weighted by Gasteiger charge is 2.28. The third-order valence-electron chi connectivity index (χ3n) is 6.64. The van der Waals surface area contributed by atoms with Crippen LogP contribution in [0.25, 0.3) is 6.08 Å². The van der Waals surface area contributed by atoms with E-state index in [1.165, 1.54) is 17.3 Å². The van der Waals surface area contributed by atoms with Gasteiger partial charge in [0.2, 0.25) is 0 Å². The highest BCUT2D eigenvalue weighted by Crippen LogP contribution is 2.42. The highest BCUT2D eigenvalue weighted by molar-refractivity contribution is 8.04. The van der Waals surface area contributed by atoms with E-state index in [0.717, 1.165) is 48.6 Å². The van der Waals surface area contributed by atoms with Crippen molar-refractivity contribution in [2.45, 2.75) is 30.3 Å². The number of carbonyl (C=O) groups is 2. The molecule has 0 spiro atoms. The first-order chi connectivity index (χ1) is 17.5. The second kappa shape index (κ2) is 10.9. The lowest BCUT2D eigenvalue weighted by Gasteiger charge is -2.32. The van der Waals surface area contributed by atoms with Crippen LogP contribution in [0.5, 0.6) is 0 Å². The number of hydrogen-bond acceptors (Lipinski definition) is 4. The fourth-order valence-electron chi connectivity index (χ4n) is 4.63. The van der Waals surface area contributed by atoms with Crippen molar-refractivity contribution in [2.24, 2.45) is 0 Å². The molecule has 0 bridgehead atoms. The SMILES string of the molecule is CN1C(=O)/C(=C\c2cccc(Cl)c2)Sc2ccc(C(=O)NC3CCN(Cc4ccccc4)CC3)cc21. The van der Waals surface area contributed by atoms with Crippen LogP contribution >= 0.6 is 23.4 Å². The Morgan fingerprint density at radius 2 is 1.83 bits per heavy atom. The Morgan fingerprint density at radius 1 is 1.06 bits per heavy atom. The minimum atomic E-state index is -0.101. The predicted molar refractivity (Wildman–Crippen MR) is 147 cm³/mol. The second-order valence-electron chi connectivity index (χ2n) is 9.22. The summed E-state index contributed by atoms with van der Waals surface area (Å²) < 4.78 is 0. The Kier molecular flexibility index (Phi) is 7.46. The number of hydrogen-bond donors (Lipinski definition) is 1. The number of carbonyl (C=O) groups excluding carboxylic acids is 2. The van der Waals surface area contributed by atoms with E-state index in [0.29, 0.717) is 15.5 Å². The van der Waals surface area contributed by atoms with E-state index in [1.807, 2.05) is 54.6 Å². The van der Waals surface area contributed by atoms with Gasteiger partial charge in [0.1, 0.15) is 0 Å². The molecular weight excluding hydrogens is 490 g/mol. The summed E-state index contributed by atoms with van der Waals surface area (Å²) in [5.74, 6) is -0.193. The number of benzene rings is 3. The standard InChI is InChI=1S/C29H28ClN3O2S/c1-32-25-18-22(10-11-26(25)36-27(29(32)35)17-21-8-5-9-23(30)16-21)28(34)31-24-12-14-33(15-13-24)19-20-6-3-2-4-7-20/h2-11,16-18,24H,12-15,19H2,1H3,(H,31,34)/b27-17+. The van der Waals surface area contributed by atoms with E-state index in [9.17, 15) is 9.59 Å². The maximum atomic E-state index is 13.0. The van der Waals surface area contributed by atoms with Gasteiger partial charge in [0.25, 0.3) is 11.8 Å². The molecule has 1 saturated heterocycles. The summed E-state index contributed by atoms with van der Waals surface area (Å²) in [6.07, 6.45) is 3.70. The number of fused-ring (bicyclic) bond motifs is 1. The third kappa shape index (κ3) is 5.67. The number of anilines is 1. The zero-order valence-electron chi connectivity index (χ0n) is 20.1. The second-order valence-corrected chi connectivity index (χ2v) is 10.7. The lowest BCUT2D eigenvalue weighted by molar-refractivity contribution is -0.114. The van der Waals surface area contributed by atoms with Gasteiger partial charge < -0.3 is 10.2 Å². The summed E-state index contributed by atoms with van der Waals surface area (Å²) in [5.41, 5.74) is 3.51. The van der Waals surface area contributed by atoms with Gasteiger partial charge in [-0.1, -0.05) is 65.8 Å². The number of thioether (sulfide) groups is 1. The molecule has 0 radical (unpaired) electrons. The molecule has 2 aliphatic rings. The van der Waals surface area contributed by atoms with Crippen LogP contribution in [-0.4, -0.2) is 42.9 Å². The average Bonchev–Trinajstić information content (AvgIpc) is 2.89. The zero-order valence-corrected chi connectivity index (χ0v) is 21.7. The van der Waals surface area contributed by atoms with Crippen LogP contribution < -0.4 is 10.2 Å². The number of amides is 2. The highest BCUT2D eigenvalue weighted by atomic mass is 35.5. The fourth-order valence-corrected chi connectivity index (χ4v) is 5.92. The summed E-state index contributed by atoms with van der Waals surface area (Å²) in [5, 5.41) is 3.83. The van der Waals surface area contributed by atoms with E-state index in [4.69, 9.17) is 11.6 Å².